The van der Waals surface area contributed by atoms with Gasteiger partial charge in [-0.3, -0.25) is 15.0 Å². The Morgan fingerprint density at radius 3 is 2.27 bits per heavy atom. The summed E-state index contributed by atoms with van der Waals surface area (Å²) in [6.07, 6.45) is 0. The van der Waals surface area contributed by atoms with Crippen molar-refractivity contribution in [2.45, 2.75) is 26.3 Å². The molecular weight excluding hydrogens is 385 g/mol. The molecule has 0 spiro atoms. The van der Waals surface area contributed by atoms with Crippen molar-refractivity contribution in [2.24, 2.45) is 0 Å². The average Bonchev–Trinajstić information content (AvgIpc) is 2.53. The maximum atomic E-state index is 13.9. The van der Waals surface area contributed by atoms with Crippen LogP contribution in [0.1, 0.15) is 41.5 Å². The molecule has 0 saturated carbocycles. The van der Waals surface area contributed by atoms with E-state index < -0.39 is 34.6 Å². The van der Waals surface area contributed by atoms with Crippen molar-refractivity contribution >= 4 is 35.0 Å². The largest absolute Gasteiger partial charge is 0.274 e. The summed E-state index contributed by atoms with van der Waals surface area (Å²) in [5.41, 5.74) is 1.04. The number of carbonyl (C=O) groups is 2. The molecule has 2 aromatic carbocycles. The summed E-state index contributed by atoms with van der Waals surface area (Å²) in [7, 11) is 0. The summed E-state index contributed by atoms with van der Waals surface area (Å²) in [5, 5.41) is 1.46. The standard InChI is InChI=1S/C18H16Cl2F2N2O2/c1-18(2,3)24(17(26)11-8-7-10(19)9-13(11)20)23-16(25)12-5-4-6-14(21)15(12)22/h4-9H,1-3H3,(H,23,25). The monoisotopic (exact) mass is 400 g/mol. The first-order chi connectivity index (χ1) is 12.0. The van der Waals surface area contributed by atoms with Crippen LogP contribution in [0.15, 0.2) is 36.4 Å². The number of carbonyl (C=O) groups excluding carboxylic acids is 2. The molecule has 2 aromatic rings. The molecule has 2 amide bonds. The van der Waals surface area contributed by atoms with Gasteiger partial charge in [0.2, 0.25) is 0 Å². The highest BCUT2D eigenvalue weighted by molar-refractivity contribution is 6.36. The second kappa shape index (κ2) is 7.60. The van der Waals surface area contributed by atoms with E-state index in [0.29, 0.717) is 5.02 Å². The number of hydrazine groups is 1. The van der Waals surface area contributed by atoms with E-state index >= 15 is 0 Å². The quantitative estimate of drug-likeness (QED) is 0.731. The molecule has 0 unspecified atom stereocenters. The van der Waals surface area contributed by atoms with Crippen LogP contribution in [0.3, 0.4) is 0 Å². The Bertz CT molecular complexity index is 867. The Morgan fingerprint density at radius 2 is 1.69 bits per heavy atom. The second-order valence-electron chi connectivity index (χ2n) is 6.48. The fraction of sp³-hybridized carbons (Fsp3) is 0.222. The van der Waals surface area contributed by atoms with Crippen LogP contribution in [-0.2, 0) is 0 Å². The number of hydrogen-bond acceptors (Lipinski definition) is 2. The lowest BCUT2D eigenvalue weighted by atomic mass is 10.1. The summed E-state index contributed by atoms with van der Waals surface area (Å²) in [4.78, 5) is 25.2. The predicted molar refractivity (Wildman–Crippen MR) is 96.2 cm³/mol. The smallest absolute Gasteiger partial charge is 0.267 e. The zero-order valence-corrected chi connectivity index (χ0v) is 15.8. The number of rotatable bonds is 2. The summed E-state index contributed by atoms with van der Waals surface area (Å²) < 4.78 is 27.2. The first-order valence-corrected chi connectivity index (χ1v) is 8.32. The van der Waals surface area contributed by atoms with Gasteiger partial charge in [-0.2, -0.15) is 0 Å². The van der Waals surface area contributed by atoms with E-state index in [0.717, 1.165) is 17.1 Å². The highest BCUT2D eigenvalue weighted by Crippen LogP contribution is 2.24. The van der Waals surface area contributed by atoms with E-state index in [1.807, 2.05) is 0 Å². The minimum Gasteiger partial charge on any atom is -0.267 e. The fourth-order valence-corrected chi connectivity index (χ4v) is 2.64. The van der Waals surface area contributed by atoms with Crippen LogP contribution in [0.2, 0.25) is 10.0 Å². The first-order valence-electron chi connectivity index (χ1n) is 7.57. The van der Waals surface area contributed by atoms with E-state index in [9.17, 15) is 18.4 Å². The van der Waals surface area contributed by atoms with Crippen molar-refractivity contribution in [1.82, 2.24) is 10.4 Å². The Labute approximate surface area is 159 Å². The predicted octanol–water partition coefficient (Wildman–Crippen LogP) is 4.86. The minimum atomic E-state index is -1.30. The number of hydrogen-bond donors (Lipinski definition) is 1. The van der Waals surface area contributed by atoms with E-state index in [4.69, 9.17) is 23.2 Å². The zero-order valence-electron chi connectivity index (χ0n) is 14.2. The van der Waals surface area contributed by atoms with E-state index in [1.54, 1.807) is 20.8 Å². The Balaban J connectivity index is 2.38. The van der Waals surface area contributed by atoms with Crippen molar-refractivity contribution in [3.05, 3.63) is 69.2 Å². The van der Waals surface area contributed by atoms with Gasteiger partial charge in [0.15, 0.2) is 11.6 Å². The van der Waals surface area contributed by atoms with Gasteiger partial charge in [-0.25, -0.2) is 13.8 Å². The molecule has 138 valence electrons. The number of benzene rings is 2. The number of nitrogens with one attached hydrogen (secondary N) is 1. The van der Waals surface area contributed by atoms with Gasteiger partial charge in [-0.15, -0.1) is 0 Å². The number of nitrogens with zero attached hydrogens (tertiary/aromatic N) is 1. The fourth-order valence-electron chi connectivity index (χ4n) is 2.15. The molecule has 1 N–H and O–H groups in total. The molecule has 4 nitrogen and oxygen atoms in total. The molecule has 0 radical (unpaired) electrons. The molecule has 0 bridgehead atoms. The van der Waals surface area contributed by atoms with Crippen molar-refractivity contribution in [3.63, 3.8) is 0 Å². The molecule has 0 aliphatic rings. The first kappa shape index (κ1) is 20.1. The zero-order chi connectivity index (χ0) is 19.6. The van der Waals surface area contributed by atoms with Gasteiger partial charge in [0.25, 0.3) is 11.8 Å². The maximum absolute atomic E-state index is 13.9. The lowest BCUT2D eigenvalue weighted by Gasteiger charge is -2.35. The third-order valence-electron chi connectivity index (χ3n) is 3.45. The summed E-state index contributed by atoms with van der Waals surface area (Å²) in [5.74, 6) is -4.04. The molecule has 0 saturated heterocycles. The van der Waals surface area contributed by atoms with Crippen LogP contribution in [0.5, 0.6) is 0 Å². The van der Waals surface area contributed by atoms with Gasteiger partial charge < -0.3 is 0 Å². The molecular formula is C18H16Cl2F2N2O2. The summed E-state index contributed by atoms with van der Waals surface area (Å²) in [6, 6.07) is 7.51. The highest BCUT2D eigenvalue weighted by Gasteiger charge is 2.31. The van der Waals surface area contributed by atoms with Crippen LogP contribution < -0.4 is 5.43 Å². The van der Waals surface area contributed by atoms with Crippen molar-refractivity contribution in [1.29, 1.82) is 0 Å². The lowest BCUT2D eigenvalue weighted by molar-refractivity contribution is 0.0357. The van der Waals surface area contributed by atoms with Crippen LogP contribution in [-0.4, -0.2) is 22.4 Å². The van der Waals surface area contributed by atoms with E-state index in [-0.39, 0.29) is 10.6 Å². The van der Waals surface area contributed by atoms with Gasteiger partial charge in [0.1, 0.15) is 0 Å². The Kier molecular flexibility index (Phi) is 5.88. The molecule has 0 aliphatic heterocycles. The van der Waals surface area contributed by atoms with Crippen molar-refractivity contribution in [2.75, 3.05) is 0 Å². The molecule has 0 aliphatic carbocycles. The van der Waals surface area contributed by atoms with Crippen LogP contribution in [0, 0.1) is 11.6 Å². The van der Waals surface area contributed by atoms with Crippen LogP contribution in [0.25, 0.3) is 0 Å². The Morgan fingerprint density at radius 1 is 1.04 bits per heavy atom. The SMILES string of the molecule is CC(C)(C)N(NC(=O)c1cccc(F)c1F)C(=O)c1ccc(Cl)cc1Cl. The topological polar surface area (TPSA) is 49.4 Å². The van der Waals surface area contributed by atoms with E-state index in [1.165, 1.54) is 24.3 Å². The second-order valence-corrected chi connectivity index (χ2v) is 7.32. The molecule has 8 heteroatoms. The molecule has 0 atom stereocenters. The van der Waals surface area contributed by atoms with Gasteiger partial charge in [-0.1, -0.05) is 29.3 Å². The van der Waals surface area contributed by atoms with E-state index in [2.05, 4.69) is 5.43 Å². The van der Waals surface area contributed by atoms with Crippen LogP contribution in [0.4, 0.5) is 8.78 Å². The summed E-state index contributed by atoms with van der Waals surface area (Å²) in [6.45, 7) is 4.99. The number of amides is 2. The maximum Gasteiger partial charge on any atom is 0.274 e. The van der Waals surface area contributed by atoms with Gasteiger partial charge in [0, 0.05) is 5.02 Å². The van der Waals surface area contributed by atoms with Crippen LogP contribution >= 0.6 is 23.2 Å². The van der Waals surface area contributed by atoms with Gasteiger partial charge in [0.05, 0.1) is 21.7 Å². The molecule has 0 fully saturated rings. The normalized spacial score (nSPS) is 11.2. The molecule has 26 heavy (non-hydrogen) atoms. The third kappa shape index (κ3) is 4.31. The van der Waals surface area contributed by atoms with Gasteiger partial charge in [-0.05, 0) is 51.1 Å². The average molecular weight is 401 g/mol. The van der Waals surface area contributed by atoms with Gasteiger partial charge >= 0.3 is 0 Å². The Hall–Kier alpha value is -2.18. The van der Waals surface area contributed by atoms with Crippen molar-refractivity contribution < 1.29 is 18.4 Å². The van der Waals surface area contributed by atoms with Crippen molar-refractivity contribution in [3.8, 4) is 0 Å². The molecule has 0 aromatic heterocycles. The minimum absolute atomic E-state index is 0.0999. The molecule has 0 heterocycles. The lowest BCUT2D eigenvalue weighted by Crippen LogP contribution is -2.56. The molecule has 2 rings (SSSR count). The summed E-state index contributed by atoms with van der Waals surface area (Å²) >= 11 is 11.9. The third-order valence-corrected chi connectivity index (χ3v) is 3.99. The number of halogens is 4. The highest BCUT2D eigenvalue weighted by atomic mass is 35.5.